The number of carboxylic acids is 1. The van der Waals surface area contributed by atoms with Gasteiger partial charge < -0.3 is 37.0 Å². The lowest BCUT2D eigenvalue weighted by molar-refractivity contribution is -0.144. The molecule has 2 saturated heterocycles. The first-order chi connectivity index (χ1) is 16.9. The molecule has 13 heteroatoms. The lowest BCUT2D eigenvalue weighted by Crippen LogP contribution is -2.59. The summed E-state index contributed by atoms with van der Waals surface area (Å²) in [5.74, 6) is -4.22. The molecule has 2 rings (SSSR count). The maximum atomic E-state index is 13.4. The van der Waals surface area contributed by atoms with E-state index in [9.17, 15) is 28.8 Å². The Balaban J connectivity index is 2.15. The van der Waals surface area contributed by atoms with E-state index in [1.54, 1.807) is 13.8 Å². The van der Waals surface area contributed by atoms with Crippen molar-refractivity contribution in [2.45, 2.75) is 89.5 Å². The summed E-state index contributed by atoms with van der Waals surface area (Å²) in [5, 5.41) is 19.9. The van der Waals surface area contributed by atoms with E-state index < -0.39 is 53.8 Å². The van der Waals surface area contributed by atoms with Crippen molar-refractivity contribution in [1.82, 2.24) is 26.2 Å². The van der Waals surface area contributed by atoms with E-state index in [0.29, 0.717) is 19.3 Å². The Kier molecular flexibility index (Phi) is 10.6. The fourth-order valence-electron chi connectivity index (χ4n) is 4.38. The number of hydrogen-bond acceptors (Lipinski definition) is 7. The van der Waals surface area contributed by atoms with E-state index in [2.05, 4.69) is 21.3 Å². The highest BCUT2D eigenvalue weighted by atomic mass is 16.4. The molecule has 0 aromatic heterocycles. The number of carbonyl (C=O) groups excluding carboxylic acids is 5. The van der Waals surface area contributed by atoms with Crippen molar-refractivity contribution in [2.24, 2.45) is 11.7 Å². The number of amides is 5. The molecule has 5 atom stereocenters. The average Bonchev–Trinajstić information content (AvgIpc) is 3.51. The fraction of sp³-hybridized carbons (Fsp3) is 0.739. The van der Waals surface area contributed by atoms with Gasteiger partial charge >= 0.3 is 5.97 Å². The smallest absolute Gasteiger partial charge is 0.325 e. The van der Waals surface area contributed by atoms with Crippen LogP contribution in [0.3, 0.4) is 0 Å². The molecule has 0 bridgehead atoms. The van der Waals surface area contributed by atoms with Crippen molar-refractivity contribution >= 4 is 35.5 Å². The van der Waals surface area contributed by atoms with Crippen LogP contribution < -0.4 is 27.0 Å². The minimum atomic E-state index is -1.21. The molecule has 2 aliphatic heterocycles. The van der Waals surface area contributed by atoms with Gasteiger partial charge in [-0.05, 0) is 51.5 Å². The molecule has 0 aromatic carbocycles. The zero-order valence-corrected chi connectivity index (χ0v) is 21.0. The van der Waals surface area contributed by atoms with E-state index in [1.165, 1.54) is 11.8 Å². The summed E-state index contributed by atoms with van der Waals surface area (Å²) >= 11 is 0. The summed E-state index contributed by atoms with van der Waals surface area (Å²) in [6, 6.07) is -4.49. The van der Waals surface area contributed by atoms with Crippen molar-refractivity contribution in [1.29, 1.82) is 0 Å². The minimum Gasteiger partial charge on any atom is -0.480 e. The summed E-state index contributed by atoms with van der Waals surface area (Å²) in [7, 11) is 0. The van der Waals surface area contributed by atoms with E-state index in [4.69, 9.17) is 10.8 Å². The summed E-state index contributed by atoms with van der Waals surface area (Å²) < 4.78 is 0. The van der Waals surface area contributed by atoms with Crippen LogP contribution in [-0.2, 0) is 28.8 Å². The first-order valence-electron chi connectivity index (χ1n) is 12.4. The van der Waals surface area contributed by atoms with Gasteiger partial charge in [0.1, 0.15) is 24.2 Å². The highest BCUT2D eigenvalue weighted by Crippen LogP contribution is 2.20. The van der Waals surface area contributed by atoms with Crippen LogP contribution in [0, 0.1) is 5.92 Å². The molecule has 202 valence electrons. The summed E-state index contributed by atoms with van der Waals surface area (Å²) in [6.07, 6.45) is 2.11. The van der Waals surface area contributed by atoms with Gasteiger partial charge in [0.2, 0.25) is 29.5 Å². The highest BCUT2D eigenvalue weighted by molar-refractivity contribution is 5.96. The Morgan fingerprint density at radius 2 is 1.69 bits per heavy atom. The maximum absolute atomic E-state index is 13.4. The van der Waals surface area contributed by atoms with Gasteiger partial charge in [0.25, 0.3) is 0 Å². The third-order valence-corrected chi connectivity index (χ3v) is 6.49. The molecule has 13 nitrogen and oxygen atoms in total. The van der Waals surface area contributed by atoms with Gasteiger partial charge in [-0.25, -0.2) is 0 Å². The minimum absolute atomic E-state index is 0.0841. The van der Waals surface area contributed by atoms with E-state index >= 15 is 0 Å². The number of nitrogens with zero attached hydrogens (tertiary/aromatic N) is 1. The molecule has 0 saturated carbocycles. The van der Waals surface area contributed by atoms with Crippen LogP contribution in [0.2, 0.25) is 0 Å². The lowest BCUT2D eigenvalue weighted by atomic mass is 10.0. The van der Waals surface area contributed by atoms with Crippen LogP contribution in [-0.4, -0.2) is 88.8 Å². The number of nitrogens with two attached hydrogens (primary N) is 1. The van der Waals surface area contributed by atoms with Crippen LogP contribution in [0.5, 0.6) is 0 Å². The van der Waals surface area contributed by atoms with Crippen LogP contribution in [0.1, 0.15) is 59.3 Å². The number of hydrogen-bond donors (Lipinski definition) is 6. The summed E-state index contributed by atoms with van der Waals surface area (Å²) in [6.45, 7) is 5.79. The molecule has 5 amide bonds. The molecule has 2 fully saturated rings. The lowest BCUT2D eigenvalue weighted by Gasteiger charge is -2.31. The quantitative estimate of drug-likeness (QED) is 0.177. The SMILES string of the molecule is CC(C)[C@H](NC(=O)[C@@H]1CCCN1)C(=O)N[C@@H](CCC(N)=O)C(=O)N1CCC[C@H]1C(=O)N[C@@H](C)C(=O)O. The van der Waals surface area contributed by atoms with Gasteiger partial charge in [0, 0.05) is 13.0 Å². The first kappa shape index (κ1) is 29.0. The second-order valence-corrected chi connectivity index (χ2v) is 9.70. The average molecular weight is 511 g/mol. The van der Waals surface area contributed by atoms with Gasteiger partial charge in [0.15, 0.2) is 0 Å². The number of nitrogens with one attached hydrogen (secondary N) is 4. The predicted molar refractivity (Wildman–Crippen MR) is 128 cm³/mol. The normalized spacial score (nSPS) is 21.9. The van der Waals surface area contributed by atoms with Gasteiger partial charge in [-0.15, -0.1) is 0 Å². The van der Waals surface area contributed by atoms with Crippen LogP contribution in [0.15, 0.2) is 0 Å². The van der Waals surface area contributed by atoms with Crippen molar-refractivity contribution in [3.63, 3.8) is 0 Å². The number of carboxylic acid groups (broad SMARTS) is 1. The van der Waals surface area contributed by atoms with Crippen molar-refractivity contribution < 1.29 is 33.9 Å². The second-order valence-electron chi connectivity index (χ2n) is 9.70. The molecular formula is C23H38N6O7. The monoisotopic (exact) mass is 510 g/mol. The summed E-state index contributed by atoms with van der Waals surface area (Å²) in [5.41, 5.74) is 5.27. The van der Waals surface area contributed by atoms with Crippen molar-refractivity contribution in [2.75, 3.05) is 13.1 Å². The highest BCUT2D eigenvalue weighted by Gasteiger charge is 2.39. The molecule has 0 aliphatic carbocycles. The number of likely N-dealkylation sites (tertiary alicyclic amines) is 1. The largest absolute Gasteiger partial charge is 0.480 e. The van der Waals surface area contributed by atoms with Crippen LogP contribution in [0.4, 0.5) is 0 Å². The standard InChI is InChI=1S/C23H38N6O7/c1-12(2)18(28-19(31)14-6-4-10-25-14)21(33)27-15(8-9-17(24)30)22(34)29-11-5-7-16(29)20(32)26-13(3)23(35)36/h12-16,18,25H,4-11H2,1-3H3,(H2,24,30)(H,26,32)(H,27,33)(H,28,31)(H,35,36)/t13-,14-,15-,16-,18-/m0/s1. The Morgan fingerprint density at radius 1 is 1.00 bits per heavy atom. The molecule has 36 heavy (non-hydrogen) atoms. The zero-order chi connectivity index (χ0) is 27.0. The molecular weight excluding hydrogens is 472 g/mol. The van der Waals surface area contributed by atoms with Gasteiger partial charge in [-0.1, -0.05) is 13.8 Å². The Bertz CT molecular complexity index is 858. The number of aliphatic carboxylic acids is 1. The third kappa shape index (κ3) is 7.90. The van der Waals surface area contributed by atoms with Gasteiger partial charge in [0.05, 0.1) is 6.04 Å². The molecule has 0 aromatic rings. The number of rotatable bonds is 12. The number of carbonyl (C=O) groups is 6. The maximum Gasteiger partial charge on any atom is 0.325 e. The predicted octanol–water partition coefficient (Wildman–Crippen LogP) is -1.79. The van der Waals surface area contributed by atoms with Gasteiger partial charge in [-0.3, -0.25) is 28.8 Å². The Labute approximate surface area is 210 Å². The molecule has 2 heterocycles. The van der Waals surface area contributed by atoms with E-state index in [0.717, 1.165) is 13.0 Å². The third-order valence-electron chi connectivity index (χ3n) is 6.49. The van der Waals surface area contributed by atoms with Gasteiger partial charge in [-0.2, -0.15) is 0 Å². The topological polar surface area (TPSA) is 200 Å². The molecule has 2 aliphatic rings. The van der Waals surface area contributed by atoms with Crippen molar-refractivity contribution in [3.8, 4) is 0 Å². The Hall–Kier alpha value is -3.22. The summed E-state index contributed by atoms with van der Waals surface area (Å²) in [4.78, 5) is 75.6. The van der Waals surface area contributed by atoms with Crippen molar-refractivity contribution in [3.05, 3.63) is 0 Å². The Morgan fingerprint density at radius 3 is 2.25 bits per heavy atom. The van der Waals surface area contributed by atoms with Crippen LogP contribution >= 0.6 is 0 Å². The molecule has 0 radical (unpaired) electrons. The van der Waals surface area contributed by atoms with E-state index in [-0.39, 0.29) is 37.3 Å². The molecule has 7 N–H and O–H groups in total. The second kappa shape index (κ2) is 13.2. The number of primary amides is 1. The fourth-order valence-corrected chi connectivity index (χ4v) is 4.38. The molecule has 0 spiro atoms. The van der Waals surface area contributed by atoms with E-state index in [1.807, 2.05) is 0 Å². The first-order valence-corrected chi connectivity index (χ1v) is 12.4. The zero-order valence-electron chi connectivity index (χ0n) is 21.0. The molecule has 0 unspecified atom stereocenters. The van der Waals surface area contributed by atoms with Crippen LogP contribution in [0.25, 0.3) is 0 Å².